The first-order chi connectivity index (χ1) is 16.1. The number of aromatic nitrogens is 1. The van der Waals surface area contributed by atoms with E-state index in [9.17, 15) is 19.1 Å². The lowest BCUT2D eigenvalue weighted by Gasteiger charge is -2.34. The van der Waals surface area contributed by atoms with Crippen molar-refractivity contribution in [1.29, 1.82) is 0 Å². The molecule has 0 saturated heterocycles. The number of hydrogen-bond donors (Lipinski definition) is 3. The number of hydrogen-bond acceptors (Lipinski definition) is 4. The zero-order valence-corrected chi connectivity index (χ0v) is 21.5. The Hall–Kier alpha value is -1.73. The first-order valence-electron chi connectivity index (χ1n) is 12.5. The van der Waals surface area contributed by atoms with Gasteiger partial charge in [0.1, 0.15) is 5.82 Å². The lowest BCUT2D eigenvalue weighted by Crippen LogP contribution is -2.36. The highest BCUT2D eigenvalue weighted by Crippen LogP contribution is 2.59. The standard InChI is InChI=1S/C25H38FN2O5P/c1-5-18(6-2)28-16-20(25(7-3,33-8-4)34(30,31)32)24(29)19-14-21(26)22(15-23(19)28)27-17-12-10-9-11-13-17/h14-18,27H,5-13H2,1-4H3,(H2,30,31,32). The lowest BCUT2D eigenvalue weighted by atomic mass is 9.95. The van der Waals surface area contributed by atoms with Crippen molar-refractivity contribution in [3.05, 3.63) is 39.9 Å². The molecule has 1 atom stereocenters. The molecule has 1 aromatic carbocycles. The van der Waals surface area contributed by atoms with Gasteiger partial charge in [-0.05, 0) is 51.2 Å². The van der Waals surface area contributed by atoms with E-state index in [0.717, 1.165) is 38.5 Å². The van der Waals surface area contributed by atoms with Gasteiger partial charge in [-0.1, -0.05) is 40.0 Å². The maximum absolute atomic E-state index is 15.2. The van der Waals surface area contributed by atoms with Gasteiger partial charge in [0.25, 0.3) is 0 Å². The topological polar surface area (TPSA) is 101 Å². The Labute approximate surface area is 200 Å². The average Bonchev–Trinajstić information content (AvgIpc) is 2.80. The molecule has 190 valence electrons. The molecule has 7 nitrogen and oxygen atoms in total. The molecule has 3 N–H and O–H groups in total. The summed E-state index contributed by atoms with van der Waals surface area (Å²) in [5, 5.41) is 1.34. The van der Waals surface area contributed by atoms with Crippen LogP contribution in [-0.4, -0.2) is 27.0 Å². The number of anilines is 1. The SMILES string of the molecule is CCOC(CC)(c1cn(C(CC)CC)c2cc(NC3CCCCC3)c(F)cc2c1=O)P(=O)(O)O. The molecule has 1 unspecified atom stereocenters. The Morgan fingerprint density at radius 1 is 1.18 bits per heavy atom. The molecule has 1 aliphatic carbocycles. The molecule has 1 heterocycles. The summed E-state index contributed by atoms with van der Waals surface area (Å²) in [6.07, 6.45) is 8.26. The number of nitrogens with zero attached hydrogens (tertiary/aromatic N) is 1. The molecule has 0 aliphatic heterocycles. The first kappa shape index (κ1) is 26.9. The van der Waals surface area contributed by atoms with Crippen LogP contribution < -0.4 is 10.7 Å². The Morgan fingerprint density at radius 2 is 1.82 bits per heavy atom. The normalized spacial score (nSPS) is 17.3. The molecular formula is C25H38FN2O5P. The van der Waals surface area contributed by atoms with Gasteiger partial charge in [-0.2, -0.15) is 0 Å². The van der Waals surface area contributed by atoms with Crippen molar-refractivity contribution in [2.45, 2.75) is 96.5 Å². The summed E-state index contributed by atoms with van der Waals surface area (Å²) in [4.78, 5) is 34.2. The molecule has 1 fully saturated rings. The molecule has 1 aromatic heterocycles. The first-order valence-corrected chi connectivity index (χ1v) is 14.1. The molecule has 0 bridgehead atoms. The van der Waals surface area contributed by atoms with Gasteiger partial charge in [0.2, 0.25) is 0 Å². The van der Waals surface area contributed by atoms with Crippen molar-refractivity contribution < 1.29 is 23.5 Å². The minimum atomic E-state index is -4.90. The third kappa shape index (κ3) is 4.97. The van der Waals surface area contributed by atoms with Crippen molar-refractivity contribution in [3.63, 3.8) is 0 Å². The Kier molecular flexibility index (Phi) is 8.61. The fraction of sp³-hybridized carbons (Fsp3) is 0.640. The van der Waals surface area contributed by atoms with Crippen LogP contribution in [0.5, 0.6) is 0 Å². The number of pyridine rings is 1. The van der Waals surface area contributed by atoms with E-state index in [1.165, 1.54) is 18.7 Å². The summed E-state index contributed by atoms with van der Waals surface area (Å²) in [6, 6.07) is 3.03. The number of rotatable bonds is 10. The second-order valence-electron chi connectivity index (χ2n) is 9.19. The smallest absolute Gasteiger partial charge is 0.361 e. The number of fused-ring (bicyclic) bond motifs is 1. The summed E-state index contributed by atoms with van der Waals surface area (Å²) in [7, 11) is -4.90. The van der Waals surface area contributed by atoms with E-state index in [2.05, 4.69) is 5.32 Å². The number of nitrogens with one attached hydrogen (secondary N) is 1. The van der Waals surface area contributed by atoms with Gasteiger partial charge < -0.3 is 24.4 Å². The maximum Gasteiger partial charge on any atom is 0.361 e. The van der Waals surface area contributed by atoms with Crippen molar-refractivity contribution in [2.75, 3.05) is 11.9 Å². The van der Waals surface area contributed by atoms with Crippen LogP contribution >= 0.6 is 7.60 Å². The minimum absolute atomic E-state index is 0.0139. The van der Waals surface area contributed by atoms with Crippen molar-refractivity contribution in [2.24, 2.45) is 0 Å². The summed E-state index contributed by atoms with van der Waals surface area (Å²) in [5.41, 5.74) is 0.165. The highest BCUT2D eigenvalue weighted by molar-refractivity contribution is 7.52. The average molecular weight is 497 g/mol. The number of halogens is 1. The van der Waals surface area contributed by atoms with E-state index in [-0.39, 0.29) is 36.1 Å². The second kappa shape index (κ2) is 10.9. The molecule has 0 radical (unpaired) electrons. The number of ether oxygens (including phenoxy) is 1. The van der Waals surface area contributed by atoms with E-state index in [1.54, 1.807) is 19.9 Å². The molecule has 0 amide bonds. The van der Waals surface area contributed by atoms with Crippen LogP contribution in [0.3, 0.4) is 0 Å². The Morgan fingerprint density at radius 3 is 2.35 bits per heavy atom. The van der Waals surface area contributed by atoms with Crippen LogP contribution in [-0.2, 0) is 14.6 Å². The zero-order chi connectivity index (χ0) is 25.1. The van der Waals surface area contributed by atoms with Crippen molar-refractivity contribution in [1.82, 2.24) is 4.57 Å². The van der Waals surface area contributed by atoms with E-state index in [1.807, 2.05) is 18.4 Å². The van der Waals surface area contributed by atoms with E-state index >= 15 is 4.39 Å². The molecule has 2 aromatic rings. The fourth-order valence-electron chi connectivity index (χ4n) is 5.27. The summed E-state index contributed by atoms with van der Waals surface area (Å²) in [6.45, 7) is 7.25. The highest BCUT2D eigenvalue weighted by atomic mass is 31.2. The van der Waals surface area contributed by atoms with Gasteiger partial charge in [-0.3, -0.25) is 9.36 Å². The van der Waals surface area contributed by atoms with Crippen LogP contribution in [0.1, 0.15) is 90.7 Å². The van der Waals surface area contributed by atoms with Crippen LogP contribution in [0.15, 0.2) is 23.1 Å². The predicted molar refractivity (Wildman–Crippen MR) is 134 cm³/mol. The van der Waals surface area contributed by atoms with E-state index in [0.29, 0.717) is 11.2 Å². The van der Waals surface area contributed by atoms with Gasteiger partial charge in [-0.15, -0.1) is 0 Å². The summed E-state index contributed by atoms with van der Waals surface area (Å²) in [5.74, 6) is -0.543. The molecule has 1 saturated carbocycles. The molecular weight excluding hydrogens is 458 g/mol. The quantitative estimate of drug-likeness (QED) is 0.348. The highest BCUT2D eigenvalue weighted by Gasteiger charge is 2.50. The Bertz CT molecular complexity index is 1100. The predicted octanol–water partition coefficient (Wildman–Crippen LogP) is 6.02. The van der Waals surface area contributed by atoms with Gasteiger partial charge in [0, 0.05) is 30.3 Å². The van der Waals surface area contributed by atoms with Gasteiger partial charge in [-0.25, -0.2) is 4.39 Å². The molecule has 0 spiro atoms. The van der Waals surface area contributed by atoms with Gasteiger partial charge in [0.15, 0.2) is 10.8 Å². The maximum atomic E-state index is 15.2. The largest absolute Gasteiger partial charge is 0.380 e. The molecule has 34 heavy (non-hydrogen) atoms. The molecule has 9 heteroatoms. The summed E-state index contributed by atoms with van der Waals surface area (Å²) >= 11 is 0. The lowest BCUT2D eigenvalue weighted by molar-refractivity contribution is -0.00123. The monoisotopic (exact) mass is 496 g/mol. The Balaban J connectivity index is 2.31. The number of benzene rings is 1. The second-order valence-corrected chi connectivity index (χ2v) is 11.0. The molecule has 3 rings (SSSR count). The zero-order valence-electron chi connectivity index (χ0n) is 20.6. The third-order valence-corrected chi connectivity index (χ3v) is 8.80. The van der Waals surface area contributed by atoms with E-state index < -0.39 is 24.2 Å². The molecule has 1 aliphatic rings. The van der Waals surface area contributed by atoms with Crippen molar-refractivity contribution in [3.8, 4) is 0 Å². The fourth-order valence-corrected chi connectivity index (χ4v) is 6.45. The van der Waals surface area contributed by atoms with E-state index in [4.69, 9.17) is 4.74 Å². The van der Waals surface area contributed by atoms with Crippen LogP contribution in [0.25, 0.3) is 10.9 Å². The van der Waals surface area contributed by atoms with Crippen molar-refractivity contribution >= 4 is 24.2 Å². The van der Waals surface area contributed by atoms with Crippen LogP contribution in [0.4, 0.5) is 10.1 Å². The summed E-state index contributed by atoms with van der Waals surface area (Å²) < 4.78 is 35.4. The van der Waals surface area contributed by atoms with Gasteiger partial charge in [0.05, 0.1) is 16.8 Å². The van der Waals surface area contributed by atoms with Crippen LogP contribution in [0, 0.1) is 5.82 Å². The van der Waals surface area contributed by atoms with Crippen LogP contribution in [0.2, 0.25) is 0 Å². The van der Waals surface area contributed by atoms with Gasteiger partial charge >= 0.3 is 7.60 Å². The third-order valence-electron chi connectivity index (χ3n) is 7.18. The minimum Gasteiger partial charge on any atom is -0.380 e.